The van der Waals surface area contributed by atoms with Crippen LogP contribution in [0.2, 0.25) is 0 Å². The summed E-state index contributed by atoms with van der Waals surface area (Å²) in [6.45, 7) is 2.22. The molecule has 0 saturated heterocycles. The third kappa shape index (κ3) is 4.80. The molecule has 1 aromatic carbocycles. The van der Waals surface area contributed by atoms with Crippen molar-refractivity contribution in [1.82, 2.24) is 25.2 Å². The number of rotatable bonds is 7. The van der Waals surface area contributed by atoms with Crippen molar-refractivity contribution in [3.8, 4) is 0 Å². The fourth-order valence-corrected chi connectivity index (χ4v) is 3.04. The zero-order chi connectivity index (χ0) is 21.5. The molecule has 0 atom stereocenters. The number of nitrogens with zero attached hydrogens (tertiary/aromatic N) is 3. The van der Waals surface area contributed by atoms with Gasteiger partial charge in [-0.1, -0.05) is 44.0 Å². The second-order valence-electron chi connectivity index (χ2n) is 6.80. The predicted molar refractivity (Wildman–Crippen MR) is 112 cm³/mol. The van der Waals surface area contributed by atoms with Gasteiger partial charge in [0.05, 0.1) is 5.39 Å². The Labute approximate surface area is 172 Å². The standard InChI is InChI=1S/C21H23N5O4/c1-2-3-7-13-26-21(30)16-10-5-4-9-15(16)19(24-26)20(29)23-22-17(27)14-25-12-8-6-11-18(25)28/h4-6,8-12H,2-3,7,13-14H2,1H3,(H,22,27)(H,23,29). The van der Waals surface area contributed by atoms with E-state index >= 15 is 0 Å². The minimum atomic E-state index is -0.649. The van der Waals surface area contributed by atoms with E-state index in [4.69, 9.17) is 0 Å². The van der Waals surface area contributed by atoms with Gasteiger partial charge in [-0.15, -0.1) is 0 Å². The van der Waals surface area contributed by atoms with Gasteiger partial charge in [0.25, 0.3) is 22.9 Å². The van der Waals surface area contributed by atoms with Crippen molar-refractivity contribution >= 4 is 22.6 Å². The number of nitrogens with one attached hydrogen (secondary N) is 2. The number of hydrogen-bond donors (Lipinski definition) is 2. The van der Waals surface area contributed by atoms with Crippen molar-refractivity contribution in [2.75, 3.05) is 0 Å². The van der Waals surface area contributed by atoms with Gasteiger partial charge in [-0.05, 0) is 18.6 Å². The molecule has 0 spiro atoms. The Hall–Kier alpha value is -3.75. The smallest absolute Gasteiger partial charge is 0.290 e. The number of benzene rings is 1. The van der Waals surface area contributed by atoms with Crippen LogP contribution in [0.15, 0.2) is 58.3 Å². The molecule has 0 aliphatic carbocycles. The minimum Gasteiger partial charge on any atom is -0.306 e. The fraction of sp³-hybridized carbons (Fsp3) is 0.286. The molecule has 2 amide bonds. The molecule has 3 rings (SSSR count). The van der Waals surface area contributed by atoms with E-state index in [-0.39, 0.29) is 23.4 Å². The Kier molecular flexibility index (Phi) is 6.74. The molecule has 0 fully saturated rings. The summed E-state index contributed by atoms with van der Waals surface area (Å²) in [7, 11) is 0. The zero-order valence-corrected chi connectivity index (χ0v) is 16.6. The van der Waals surface area contributed by atoms with Crippen LogP contribution in [0.4, 0.5) is 0 Å². The first kappa shape index (κ1) is 21.0. The van der Waals surface area contributed by atoms with Crippen LogP contribution in [-0.2, 0) is 17.9 Å². The molecule has 3 aromatic rings. The van der Waals surface area contributed by atoms with Gasteiger partial charge in [0.2, 0.25) is 0 Å². The van der Waals surface area contributed by atoms with Crippen molar-refractivity contribution < 1.29 is 9.59 Å². The predicted octanol–water partition coefficient (Wildman–Crippen LogP) is 1.21. The van der Waals surface area contributed by atoms with E-state index in [0.29, 0.717) is 17.3 Å². The maximum atomic E-state index is 12.7. The van der Waals surface area contributed by atoms with Gasteiger partial charge < -0.3 is 4.57 Å². The summed E-state index contributed by atoms with van der Waals surface area (Å²) >= 11 is 0. The first-order chi connectivity index (χ1) is 14.5. The molecule has 2 heterocycles. The van der Waals surface area contributed by atoms with E-state index in [2.05, 4.69) is 22.9 Å². The van der Waals surface area contributed by atoms with Crippen LogP contribution in [0.25, 0.3) is 10.8 Å². The second-order valence-corrected chi connectivity index (χ2v) is 6.80. The van der Waals surface area contributed by atoms with Crippen molar-refractivity contribution in [3.63, 3.8) is 0 Å². The molecule has 9 heteroatoms. The Morgan fingerprint density at radius 2 is 1.70 bits per heavy atom. The monoisotopic (exact) mass is 409 g/mol. The topological polar surface area (TPSA) is 115 Å². The summed E-state index contributed by atoms with van der Waals surface area (Å²) < 4.78 is 2.50. The quantitative estimate of drug-likeness (QED) is 0.450. The highest BCUT2D eigenvalue weighted by Gasteiger charge is 2.17. The van der Waals surface area contributed by atoms with Gasteiger partial charge in [-0.2, -0.15) is 5.10 Å². The lowest BCUT2D eigenvalue weighted by atomic mass is 10.1. The zero-order valence-electron chi connectivity index (χ0n) is 16.6. The van der Waals surface area contributed by atoms with E-state index in [9.17, 15) is 19.2 Å². The van der Waals surface area contributed by atoms with Gasteiger partial charge in [0.15, 0.2) is 5.69 Å². The lowest BCUT2D eigenvalue weighted by molar-refractivity contribution is -0.122. The average molecular weight is 409 g/mol. The van der Waals surface area contributed by atoms with Crippen molar-refractivity contribution in [2.45, 2.75) is 39.3 Å². The Morgan fingerprint density at radius 3 is 2.43 bits per heavy atom. The first-order valence-electron chi connectivity index (χ1n) is 9.75. The Balaban J connectivity index is 1.79. The van der Waals surface area contributed by atoms with Crippen molar-refractivity contribution in [3.05, 3.63) is 75.1 Å². The van der Waals surface area contributed by atoms with Crippen LogP contribution in [0.5, 0.6) is 0 Å². The molecule has 2 aromatic heterocycles. The van der Waals surface area contributed by atoms with E-state index in [1.165, 1.54) is 21.5 Å². The molecule has 0 aliphatic rings. The van der Waals surface area contributed by atoms with E-state index in [1.54, 1.807) is 36.4 Å². The summed E-state index contributed by atoms with van der Waals surface area (Å²) in [5.41, 5.74) is 4.05. The fourth-order valence-electron chi connectivity index (χ4n) is 3.04. The van der Waals surface area contributed by atoms with Crippen LogP contribution < -0.4 is 22.0 Å². The van der Waals surface area contributed by atoms with E-state index in [0.717, 1.165) is 19.3 Å². The van der Waals surface area contributed by atoms with E-state index in [1.807, 2.05) is 0 Å². The summed E-state index contributed by atoms with van der Waals surface area (Å²) in [5, 5.41) is 5.02. The number of hydrogen-bond acceptors (Lipinski definition) is 5. The van der Waals surface area contributed by atoms with Crippen LogP contribution in [-0.4, -0.2) is 26.2 Å². The maximum absolute atomic E-state index is 12.7. The number of unbranched alkanes of at least 4 members (excludes halogenated alkanes) is 2. The molecule has 0 bridgehead atoms. The number of carbonyl (C=O) groups is 2. The molecule has 0 saturated carbocycles. The molecule has 0 radical (unpaired) electrons. The Bertz CT molecular complexity index is 1180. The van der Waals surface area contributed by atoms with Crippen LogP contribution in [0, 0.1) is 0 Å². The van der Waals surface area contributed by atoms with E-state index < -0.39 is 11.8 Å². The van der Waals surface area contributed by atoms with Gasteiger partial charge in [-0.25, -0.2) is 4.68 Å². The third-order valence-corrected chi connectivity index (χ3v) is 4.58. The van der Waals surface area contributed by atoms with Gasteiger partial charge in [-0.3, -0.25) is 30.0 Å². The highest BCUT2D eigenvalue weighted by atomic mass is 16.2. The van der Waals surface area contributed by atoms with Gasteiger partial charge >= 0.3 is 0 Å². The van der Waals surface area contributed by atoms with Crippen LogP contribution in [0.3, 0.4) is 0 Å². The SMILES string of the molecule is CCCCCn1nc(C(=O)NNC(=O)Cn2ccccc2=O)c2ccccc2c1=O. The number of carbonyl (C=O) groups excluding carboxylic acids is 2. The second kappa shape index (κ2) is 9.64. The number of fused-ring (bicyclic) bond motifs is 1. The minimum absolute atomic E-state index is 0.0406. The molecular formula is C21H23N5O4. The molecule has 0 unspecified atom stereocenters. The highest BCUT2D eigenvalue weighted by molar-refractivity contribution is 6.05. The third-order valence-electron chi connectivity index (χ3n) is 4.58. The normalized spacial score (nSPS) is 10.7. The summed E-state index contributed by atoms with van der Waals surface area (Å²) in [6.07, 6.45) is 4.18. The molecule has 156 valence electrons. The van der Waals surface area contributed by atoms with Crippen LogP contribution in [0.1, 0.15) is 36.7 Å². The van der Waals surface area contributed by atoms with Gasteiger partial charge in [0, 0.05) is 24.2 Å². The first-order valence-corrected chi connectivity index (χ1v) is 9.75. The number of amides is 2. The molecule has 30 heavy (non-hydrogen) atoms. The largest absolute Gasteiger partial charge is 0.306 e. The summed E-state index contributed by atoms with van der Waals surface area (Å²) in [4.78, 5) is 49.2. The summed E-state index contributed by atoms with van der Waals surface area (Å²) in [6, 6.07) is 11.3. The maximum Gasteiger partial charge on any atom is 0.290 e. The molecule has 9 nitrogen and oxygen atoms in total. The molecule has 2 N–H and O–H groups in total. The number of aromatic nitrogens is 3. The van der Waals surface area contributed by atoms with Gasteiger partial charge in [0.1, 0.15) is 6.54 Å². The van der Waals surface area contributed by atoms with Crippen molar-refractivity contribution in [2.24, 2.45) is 0 Å². The summed E-state index contributed by atoms with van der Waals surface area (Å²) in [5.74, 6) is -1.22. The Morgan fingerprint density at radius 1 is 0.967 bits per heavy atom. The van der Waals surface area contributed by atoms with Crippen LogP contribution >= 0.6 is 0 Å². The van der Waals surface area contributed by atoms with Crippen molar-refractivity contribution in [1.29, 1.82) is 0 Å². The number of pyridine rings is 1. The lowest BCUT2D eigenvalue weighted by Crippen LogP contribution is -2.45. The number of aryl methyl sites for hydroxylation is 1. The molecule has 0 aliphatic heterocycles. The average Bonchev–Trinajstić information content (AvgIpc) is 2.75. The highest BCUT2D eigenvalue weighted by Crippen LogP contribution is 2.13. The molecular weight excluding hydrogens is 386 g/mol. The lowest BCUT2D eigenvalue weighted by Gasteiger charge is -2.12. The number of hydrazine groups is 1.